The lowest BCUT2D eigenvalue weighted by molar-refractivity contribution is -0.373. The first-order chi connectivity index (χ1) is 7.31. The molecule has 3 nitrogen and oxygen atoms in total. The first kappa shape index (κ1) is 16.0. The van der Waals surface area contributed by atoms with Crippen molar-refractivity contribution >= 4 is 5.97 Å². The highest BCUT2D eigenvalue weighted by Gasteiger charge is 2.70. The Morgan fingerprint density at radius 2 is 1.53 bits per heavy atom. The topological polar surface area (TPSA) is 46.5 Å². The third kappa shape index (κ3) is 3.76. The smallest absolute Gasteiger partial charge is 0.426 e. The lowest BCUT2D eigenvalue weighted by Crippen LogP contribution is -2.58. The third-order valence-corrected chi connectivity index (χ3v) is 1.89. The van der Waals surface area contributed by atoms with Crippen molar-refractivity contribution in [2.45, 2.75) is 44.3 Å². The summed E-state index contributed by atoms with van der Waals surface area (Å²) in [7, 11) is 0. The molecular weight excluding hydrogens is 258 g/mol. The molecule has 0 aliphatic heterocycles. The van der Waals surface area contributed by atoms with Crippen molar-refractivity contribution in [2.75, 3.05) is 0 Å². The predicted octanol–water partition coefficient (Wildman–Crippen LogP) is 2.18. The molecule has 1 unspecified atom stereocenters. The average Bonchev–Trinajstić information content (AvgIpc) is 1.97. The van der Waals surface area contributed by atoms with Gasteiger partial charge in [0.2, 0.25) is 0 Å². The second-order valence-corrected chi connectivity index (χ2v) is 3.48. The molecule has 0 fully saturated rings. The molecule has 0 radical (unpaired) electrons. The fourth-order valence-corrected chi connectivity index (χ4v) is 1.13. The van der Waals surface area contributed by atoms with Crippen molar-refractivity contribution in [3.8, 4) is 0 Å². The van der Waals surface area contributed by atoms with Crippen molar-refractivity contribution < 1.29 is 41.0 Å². The first-order valence-electron chi connectivity index (χ1n) is 4.34. The molecule has 0 heterocycles. The molecule has 17 heavy (non-hydrogen) atoms. The van der Waals surface area contributed by atoms with E-state index in [0.717, 1.165) is 13.8 Å². The minimum Gasteiger partial charge on any atom is -0.463 e. The molecule has 0 aliphatic rings. The highest BCUT2D eigenvalue weighted by atomic mass is 19.4. The summed E-state index contributed by atoms with van der Waals surface area (Å²) in [5, 5.41) is 8.73. The van der Waals surface area contributed by atoms with Crippen LogP contribution >= 0.6 is 0 Å². The molecule has 0 aromatic rings. The maximum atomic E-state index is 12.2. The van der Waals surface area contributed by atoms with E-state index in [9.17, 15) is 31.1 Å². The Kier molecular flexibility index (Phi) is 4.44. The van der Waals surface area contributed by atoms with Gasteiger partial charge in [0.05, 0.1) is 0 Å². The molecule has 0 aromatic heterocycles. The molecule has 0 aromatic carbocycles. The van der Waals surface area contributed by atoms with E-state index in [2.05, 4.69) is 4.74 Å². The standard InChI is InChI=1S/C8H10F6O3/c1-4(17-5(2)15)3-6(16,7(9,10)11)8(12,13)14/h4,16H,3H2,1-2H3. The number of carbonyl (C=O) groups is 1. The zero-order chi connectivity index (χ0) is 14.1. The van der Waals surface area contributed by atoms with Gasteiger partial charge in [0.1, 0.15) is 6.10 Å². The van der Waals surface area contributed by atoms with Gasteiger partial charge in [-0.2, -0.15) is 26.3 Å². The summed E-state index contributed by atoms with van der Waals surface area (Å²) in [6.45, 7) is 1.65. The van der Waals surface area contributed by atoms with Gasteiger partial charge >= 0.3 is 18.3 Å². The second kappa shape index (κ2) is 4.71. The maximum Gasteiger partial charge on any atom is 0.426 e. The summed E-state index contributed by atoms with van der Waals surface area (Å²) in [5.74, 6) is -1.04. The van der Waals surface area contributed by atoms with E-state index in [-0.39, 0.29) is 0 Å². The van der Waals surface area contributed by atoms with Gasteiger partial charge in [0, 0.05) is 13.3 Å². The Labute approximate surface area is 92.4 Å². The zero-order valence-corrected chi connectivity index (χ0v) is 8.82. The van der Waals surface area contributed by atoms with Crippen molar-refractivity contribution in [2.24, 2.45) is 0 Å². The number of rotatable bonds is 3. The molecule has 0 spiro atoms. The number of alkyl halides is 6. The third-order valence-electron chi connectivity index (χ3n) is 1.89. The largest absolute Gasteiger partial charge is 0.463 e. The molecule has 9 heteroatoms. The van der Waals surface area contributed by atoms with Gasteiger partial charge < -0.3 is 9.84 Å². The Bertz CT molecular complexity index is 268. The van der Waals surface area contributed by atoms with Gasteiger partial charge in [-0.15, -0.1) is 0 Å². The monoisotopic (exact) mass is 268 g/mol. The quantitative estimate of drug-likeness (QED) is 0.630. The molecule has 0 aliphatic carbocycles. The second-order valence-electron chi connectivity index (χ2n) is 3.48. The molecule has 0 saturated carbocycles. The Morgan fingerprint density at radius 3 is 1.76 bits per heavy atom. The zero-order valence-electron chi connectivity index (χ0n) is 8.82. The molecule has 1 N–H and O–H groups in total. The summed E-state index contributed by atoms with van der Waals surface area (Å²) in [6.07, 6.45) is -15.3. The van der Waals surface area contributed by atoms with Gasteiger partial charge in [0.15, 0.2) is 0 Å². The summed E-state index contributed by atoms with van der Waals surface area (Å²) >= 11 is 0. The number of aliphatic hydroxyl groups is 1. The van der Waals surface area contributed by atoms with Crippen LogP contribution in [0.5, 0.6) is 0 Å². The Balaban J connectivity index is 5.05. The minimum absolute atomic E-state index is 0.823. The number of ether oxygens (including phenoxy) is 1. The van der Waals surface area contributed by atoms with Gasteiger partial charge in [-0.1, -0.05) is 0 Å². The van der Waals surface area contributed by atoms with Crippen LogP contribution in [0.4, 0.5) is 26.3 Å². The van der Waals surface area contributed by atoms with E-state index >= 15 is 0 Å². The van der Waals surface area contributed by atoms with E-state index in [0.29, 0.717) is 0 Å². The first-order valence-corrected chi connectivity index (χ1v) is 4.34. The molecule has 0 saturated heterocycles. The van der Waals surface area contributed by atoms with Gasteiger partial charge in [-0.25, -0.2) is 0 Å². The fourth-order valence-electron chi connectivity index (χ4n) is 1.13. The SMILES string of the molecule is CC(=O)OC(C)CC(O)(C(F)(F)F)C(F)(F)F. The number of hydrogen-bond donors (Lipinski definition) is 1. The van der Waals surface area contributed by atoms with E-state index < -0.39 is 36.4 Å². The van der Waals surface area contributed by atoms with Crippen LogP contribution < -0.4 is 0 Å². The van der Waals surface area contributed by atoms with E-state index in [1.807, 2.05) is 0 Å². The van der Waals surface area contributed by atoms with Crippen LogP contribution in [-0.2, 0) is 9.53 Å². The van der Waals surface area contributed by atoms with Gasteiger partial charge in [-0.05, 0) is 6.92 Å². The predicted molar refractivity (Wildman–Crippen MR) is 42.9 cm³/mol. The normalized spacial score (nSPS) is 15.6. The van der Waals surface area contributed by atoms with Crippen LogP contribution in [0.2, 0.25) is 0 Å². The van der Waals surface area contributed by atoms with Crippen molar-refractivity contribution in [3.05, 3.63) is 0 Å². The van der Waals surface area contributed by atoms with Crippen molar-refractivity contribution in [1.29, 1.82) is 0 Å². The summed E-state index contributed by atoms with van der Waals surface area (Å²) in [5.41, 5.74) is -4.89. The lowest BCUT2D eigenvalue weighted by Gasteiger charge is -2.33. The van der Waals surface area contributed by atoms with Crippen molar-refractivity contribution in [3.63, 3.8) is 0 Å². The van der Waals surface area contributed by atoms with Crippen LogP contribution in [0.25, 0.3) is 0 Å². The van der Waals surface area contributed by atoms with Gasteiger partial charge in [-0.3, -0.25) is 4.79 Å². The van der Waals surface area contributed by atoms with Crippen LogP contribution in [0.3, 0.4) is 0 Å². The van der Waals surface area contributed by atoms with Gasteiger partial charge in [0.25, 0.3) is 5.60 Å². The highest BCUT2D eigenvalue weighted by molar-refractivity contribution is 5.66. The number of esters is 1. The molecule has 0 amide bonds. The highest BCUT2D eigenvalue weighted by Crippen LogP contribution is 2.46. The molecule has 0 bridgehead atoms. The van der Waals surface area contributed by atoms with E-state index in [4.69, 9.17) is 5.11 Å². The Morgan fingerprint density at radius 1 is 1.18 bits per heavy atom. The minimum atomic E-state index is -5.90. The summed E-state index contributed by atoms with van der Waals surface area (Å²) < 4.78 is 77.3. The molecule has 102 valence electrons. The average molecular weight is 268 g/mol. The van der Waals surface area contributed by atoms with Crippen molar-refractivity contribution in [1.82, 2.24) is 0 Å². The van der Waals surface area contributed by atoms with Crippen LogP contribution in [0.1, 0.15) is 20.3 Å². The Hall–Kier alpha value is -0.990. The summed E-state index contributed by atoms with van der Waals surface area (Å²) in [4.78, 5) is 10.4. The van der Waals surface area contributed by atoms with Crippen LogP contribution in [-0.4, -0.2) is 35.1 Å². The van der Waals surface area contributed by atoms with Crippen LogP contribution in [0.15, 0.2) is 0 Å². The molecule has 0 rings (SSSR count). The number of carbonyl (C=O) groups excluding carboxylic acids is 1. The number of hydrogen-bond acceptors (Lipinski definition) is 3. The fraction of sp³-hybridized carbons (Fsp3) is 0.875. The number of halogens is 6. The van der Waals surface area contributed by atoms with E-state index in [1.54, 1.807) is 0 Å². The maximum absolute atomic E-state index is 12.2. The molecular formula is C8H10F6O3. The van der Waals surface area contributed by atoms with E-state index in [1.165, 1.54) is 0 Å². The molecule has 1 atom stereocenters. The lowest BCUT2D eigenvalue weighted by atomic mass is 9.95. The van der Waals surface area contributed by atoms with Crippen LogP contribution in [0, 0.1) is 0 Å². The summed E-state index contributed by atoms with van der Waals surface area (Å²) in [6, 6.07) is 0.